The van der Waals surface area contributed by atoms with Gasteiger partial charge in [0.25, 0.3) is 0 Å². The van der Waals surface area contributed by atoms with Crippen molar-refractivity contribution in [1.29, 1.82) is 0 Å². The molecule has 0 spiro atoms. The zero-order valence-corrected chi connectivity index (χ0v) is 21.1. The van der Waals surface area contributed by atoms with Crippen molar-refractivity contribution in [2.24, 2.45) is 5.92 Å². The second-order valence-corrected chi connectivity index (χ2v) is 10.6. The Kier molecular flexibility index (Phi) is 7.11. The summed E-state index contributed by atoms with van der Waals surface area (Å²) in [6, 6.07) is 9.81. The number of benzene rings is 1. The summed E-state index contributed by atoms with van der Waals surface area (Å²) < 4.78 is 12.9. The van der Waals surface area contributed by atoms with Gasteiger partial charge in [-0.25, -0.2) is 9.59 Å². The Morgan fingerprint density at radius 3 is 2.53 bits per heavy atom. The van der Waals surface area contributed by atoms with E-state index in [2.05, 4.69) is 10.1 Å². The first-order valence-electron chi connectivity index (χ1n) is 11.4. The Hall–Kier alpha value is -3.73. The van der Waals surface area contributed by atoms with Gasteiger partial charge in [0.15, 0.2) is 5.54 Å². The number of carbonyl (C=O) groups excluding carboxylic acids is 2. The molecule has 3 atom stereocenters. The number of rotatable bonds is 7. The summed E-state index contributed by atoms with van der Waals surface area (Å²) in [5.41, 5.74) is -0.258. The highest BCUT2D eigenvalue weighted by Gasteiger charge is 2.63. The van der Waals surface area contributed by atoms with E-state index in [0.29, 0.717) is 4.88 Å². The summed E-state index contributed by atoms with van der Waals surface area (Å²) in [5, 5.41) is 14.4. The standard InChI is InChI=1S/C25H28N4O6S/c1-24(2,3)35-22(32)25(15-28-11-7-10-27-28)12-18(21(30)31)20(19-13-26-16-36-19)29(25)23(33)34-14-17-8-5-4-6-9-17/h4-11,13,16,18,20H,12,14-15H2,1-3H3,(H,30,31)/t18?,20?,25-/m1/s1. The number of carboxylic acid groups (broad SMARTS) is 1. The van der Waals surface area contributed by atoms with E-state index in [9.17, 15) is 19.5 Å². The molecule has 0 aliphatic carbocycles. The quantitative estimate of drug-likeness (QED) is 0.473. The molecule has 1 N–H and O–H groups in total. The third-order valence-corrected chi connectivity index (χ3v) is 6.75. The number of hydrogen-bond acceptors (Lipinski definition) is 8. The number of esters is 1. The van der Waals surface area contributed by atoms with Gasteiger partial charge in [-0.15, -0.1) is 11.3 Å². The first-order valence-corrected chi connectivity index (χ1v) is 12.3. The summed E-state index contributed by atoms with van der Waals surface area (Å²) in [7, 11) is 0. The number of aliphatic carboxylic acids is 1. The predicted octanol–water partition coefficient (Wildman–Crippen LogP) is 3.90. The van der Waals surface area contributed by atoms with Crippen LogP contribution in [0.15, 0.2) is 60.5 Å². The first kappa shape index (κ1) is 25.4. The summed E-state index contributed by atoms with van der Waals surface area (Å²) in [6.45, 7) is 5.00. The van der Waals surface area contributed by atoms with Crippen molar-refractivity contribution >= 4 is 29.4 Å². The van der Waals surface area contributed by atoms with Crippen molar-refractivity contribution in [3.05, 3.63) is 70.9 Å². The molecule has 1 aromatic carbocycles. The largest absolute Gasteiger partial charge is 0.481 e. The topological polar surface area (TPSA) is 124 Å². The molecule has 2 unspecified atom stereocenters. The molecule has 1 saturated heterocycles. The van der Waals surface area contributed by atoms with Crippen LogP contribution in [0.4, 0.5) is 4.79 Å². The van der Waals surface area contributed by atoms with E-state index < -0.39 is 41.1 Å². The highest BCUT2D eigenvalue weighted by molar-refractivity contribution is 7.09. The van der Waals surface area contributed by atoms with Crippen LogP contribution in [0, 0.1) is 5.92 Å². The second-order valence-electron chi connectivity index (χ2n) is 9.64. The van der Waals surface area contributed by atoms with Gasteiger partial charge in [0.2, 0.25) is 0 Å². The molecule has 3 aromatic rings. The van der Waals surface area contributed by atoms with Gasteiger partial charge in [0.1, 0.15) is 12.2 Å². The van der Waals surface area contributed by atoms with Gasteiger partial charge in [-0.3, -0.25) is 19.4 Å². The van der Waals surface area contributed by atoms with E-state index in [1.807, 2.05) is 30.3 Å². The van der Waals surface area contributed by atoms with Crippen LogP contribution in [0.5, 0.6) is 0 Å². The van der Waals surface area contributed by atoms with Gasteiger partial charge < -0.3 is 14.6 Å². The number of carboxylic acids is 1. The maximum absolute atomic E-state index is 13.9. The van der Waals surface area contributed by atoms with Crippen LogP contribution in [-0.2, 0) is 32.2 Å². The van der Waals surface area contributed by atoms with Gasteiger partial charge in [-0.05, 0) is 38.8 Å². The molecule has 0 radical (unpaired) electrons. The molecule has 36 heavy (non-hydrogen) atoms. The molecule has 1 aliphatic heterocycles. The molecule has 4 rings (SSSR count). The fraction of sp³-hybridized carbons (Fsp3) is 0.400. The van der Waals surface area contributed by atoms with Crippen LogP contribution in [0.25, 0.3) is 0 Å². The molecule has 1 aliphatic rings. The third-order valence-electron chi connectivity index (χ3n) is 5.90. The van der Waals surface area contributed by atoms with Gasteiger partial charge in [0, 0.05) is 23.5 Å². The van der Waals surface area contributed by atoms with E-state index >= 15 is 0 Å². The number of amides is 1. The third kappa shape index (κ3) is 5.25. The second kappa shape index (κ2) is 10.1. The summed E-state index contributed by atoms with van der Waals surface area (Å²) in [6.07, 6.45) is 3.71. The molecule has 0 saturated carbocycles. The van der Waals surface area contributed by atoms with Crippen molar-refractivity contribution < 1.29 is 29.0 Å². The normalized spacial score (nSPS) is 21.8. The molecular formula is C25H28N4O6S. The zero-order valence-electron chi connectivity index (χ0n) is 20.2. The molecule has 190 valence electrons. The minimum atomic E-state index is -1.69. The van der Waals surface area contributed by atoms with Crippen LogP contribution < -0.4 is 0 Å². The lowest BCUT2D eigenvalue weighted by Gasteiger charge is -2.39. The van der Waals surface area contributed by atoms with Crippen LogP contribution in [0.2, 0.25) is 0 Å². The van der Waals surface area contributed by atoms with E-state index in [0.717, 1.165) is 5.56 Å². The SMILES string of the molecule is CC(C)(C)OC(=O)[C@]1(Cn2cccn2)CC(C(=O)O)C(c2cncs2)N1C(=O)OCc1ccccc1. The van der Waals surface area contributed by atoms with E-state index in [4.69, 9.17) is 9.47 Å². The van der Waals surface area contributed by atoms with Crippen LogP contribution in [0.3, 0.4) is 0 Å². The number of carbonyl (C=O) groups is 3. The van der Waals surface area contributed by atoms with E-state index in [-0.39, 0.29) is 19.6 Å². The minimum Gasteiger partial charge on any atom is -0.481 e. The number of aromatic nitrogens is 3. The van der Waals surface area contributed by atoms with Gasteiger partial charge in [-0.2, -0.15) is 5.10 Å². The Morgan fingerprint density at radius 2 is 1.94 bits per heavy atom. The lowest BCUT2D eigenvalue weighted by atomic mass is 9.90. The Balaban J connectivity index is 1.82. The molecule has 3 heterocycles. The molecule has 0 bridgehead atoms. The number of hydrogen-bond donors (Lipinski definition) is 1. The minimum absolute atomic E-state index is 0.0461. The Labute approximate surface area is 212 Å². The average molecular weight is 513 g/mol. The van der Waals surface area contributed by atoms with Crippen molar-refractivity contribution in [3.8, 4) is 0 Å². The first-order chi connectivity index (χ1) is 17.1. The predicted molar refractivity (Wildman–Crippen MR) is 130 cm³/mol. The summed E-state index contributed by atoms with van der Waals surface area (Å²) in [5.74, 6) is -2.96. The smallest absolute Gasteiger partial charge is 0.411 e. The molecule has 1 fully saturated rings. The number of likely N-dealkylation sites (tertiary alicyclic amines) is 1. The summed E-state index contributed by atoms with van der Waals surface area (Å²) >= 11 is 1.21. The number of nitrogens with zero attached hydrogens (tertiary/aromatic N) is 4. The van der Waals surface area contributed by atoms with Crippen LogP contribution in [-0.4, -0.2) is 53.9 Å². The van der Waals surface area contributed by atoms with Gasteiger partial charge in [-0.1, -0.05) is 30.3 Å². The average Bonchev–Trinajstić information content (AvgIpc) is 3.58. The highest BCUT2D eigenvalue weighted by Crippen LogP contribution is 2.50. The van der Waals surface area contributed by atoms with Gasteiger partial charge >= 0.3 is 18.0 Å². The lowest BCUT2D eigenvalue weighted by molar-refractivity contribution is -0.169. The molecular weight excluding hydrogens is 484 g/mol. The van der Waals surface area contributed by atoms with Crippen molar-refractivity contribution in [2.75, 3.05) is 0 Å². The van der Waals surface area contributed by atoms with Crippen LogP contribution in [0.1, 0.15) is 43.7 Å². The number of thiazole rings is 1. The molecule has 11 heteroatoms. The molecule has 2 aromatic heterocycles. The summed E-state index contributed by atoms with van der Waals surface area (Å²) in [4.78, 5) is 46.0. The monoisotopic (exact) mass is 512 g/mol. The van der Waals surface area contributed by atoms with Crippen molar-refractivity contribution in [1.82, 2.24) is 19.7 Å². The Morgan fingerprint density at radius 1 is 1.19 bits per heavy atom. The fourth-order valence-electron chi connectivity index (χ4n) is 4.44. The van der Waals surface area contributed by atoms with E-state index in [1.54, 1.807) is 44.7 Å². The van der Waals surface area contributed by atoms with Crippen molar-refractivity contribution in [2.45, 2.75) is 57.5 Å². The fourth-order valence-corrected chi connectivity index (χ4v) is 5.21. The van der Waals surface area contributed by atoms with E-state index in [1.165, 1.54) is 27.1 Å². The van der Waals surface area contributed by atoms with Gasteiger partial charge in [0.05, 0.1) is 24.0 Å². The maximum atomic E-state index is 13.9. The zero-order chi connectivity index (χ0) is 25.9. The van der Waals surface area contributed by atoms with Crippen LogP contribution >= 0.6 is 11.3 Å². The Bertz CT molecular complexity index is 1190. The lowest BCUT2D eigenvalue weighted by Crippen LogP contribution is -2.58. The number of ether oxygens (including phenoxy) is 2. The highest BCUT2D eigenvalue weighted by atomic mass is 32.1. The van der Waals surface area contributed by atoms with Crippen molar-refractivity contribution in [3.63, 3.8) is 0 Å². The maximum Gasteiger partial charge on any atom is 0.411 e. The molecule has 1 amide bonds. The molecule has 10 nitrogen and oxygen atoms in total.